The van der Waals surface area contributed by atoms with Crippen LogP contribution in [0.15, 0.2) is 73.8 Å². The van der Waals surface area contributed by atoms with Crippen molar-refractivity contribution in [3.05, 3.63) is 95.6 Å². The Hall–Kier alpha value is -1.83. The van der Waals surface area contributed by atoms with Gasteiger partial charge in [0.25, 0.3) is 0 Å². The Morgan fingerprint density at radius 2 is 1.73 bits per heavy atom. The first-order chi connectivity index (χ1) is 10.7. The third-order valence-electron chi connectivity index (χ3n) is 3.79. The van der Waals surface area contributed by atoms with E-state index in [-0.39, 0.29) is 0 Å². The minimum absolute atomic E-state index is 0.383. The van der Waals surface area contributed by atoms with Crippen molar-refractivity contribution in [2.75, 3.05) is 13.6 Å². The van der Waals surface area contributed by atoms with Crippen LogP contribution in [0, 0.1) is 0 Å². The van der Waals surface area contributed by atoms with Crippen molar-refractivity contribution in [1.82, 2.24) is 4.90 Å². The van der Waals surface area contributed by atoms with Gasteiger partial charge in [-0.05, 0) is 29.8 Å². The molecule has 114 valence electrons. The summed E-state index contributed by atoms with van der Waals surface area (Å²) in [6.45, 7) is 8.74. The van der Waals surface area contributed by atoms with Gasteiger partial charge in [-0.15, -0.1) is 0 Å². The molecule has 1 unspecified atom stereocenters. The number of fused-ring (bicyclic) bond motifs is 1. The Balaban J connectivity index is 0.000000396. The summed E-state index contributed by atoms with van der Waals surface area (Å²) in [5, 5.41) is 0.898. The lowest BCUT2D eigenvalue weighted by atomic mass is 9.85. The molecule has 0 fully saturated rings. The van der Waals surface area contributed by atoms with E-state index in [1.807, 2.05) is 12.1 Å². The van der Waals surface area contributed by atoms with Crippen LogP contribution in [-0.2, 0) is 6.54 Å². The molecule has 0 radical (unpaired) electrons. The van der Waals surface area contributed by atoms with Gasteiger partial charge in [0.15, 0.2) is 0 Å². The molecule has 0 spiro atoms. The summed E-state index contributed by atoms with van der Waals surface area (Å²) >= 11 is 6.42. The summed E-state index contributed by atoms with van der Waals surface area (Å²) in [5.74, 6) is 0.383. The summed E-state index contributed by atoms with van der Waals surface area (Å²) in [7, 11) is 2.17. The van der Waals surface area contributed by atoms with Gasteiger partial charge >= 0.3 is 0 Å². The number of hydrogen-bond donors (Lipinski definition) is 0. The molecule has 0 aromatic heterocycles. The Morgan fingerprint density at radius 1 is 1.05 bits per heavy atom. The molecule has 0 aliphatic carbocycles. The minimum Gasteiger partial charge on any atom is -0.301 e. The lowest BCUT2D eigenvalue weighted by Crippen LogP contribution is -2.31. The van der Waals surface area contributed by atoms with Crippen LogP contribution < -0.4 is 0 Å². The van der Waals surface area contributed by atoms with Gasteiger partial charge in [-0.3, -0.25) is 0 Å². The predicted octanol–water partition coefficient (Wildman–Crippen LogP) is 5.28. The van der Waals surface area contributed by atoms with E-state index in [2.05, 4.69) is 61.5 Å². The zero-order valence-corrected chi connectivity index (χ0v) is 13.8. The van der Waals surface area contributed by atoms with Crippen molar-refractivity contribution in [2.45, 2.75) is 12.5 Å². The summed E-state index contributed by atoms with van der Waals surface area (Å²) in [4.78, 5) is 2.36. The van der Waals surface area contributed by atoms with E-state index in [0.29, 0.717) is 5.92 Å². The number of likely N-dealkylation sites (N-methyl/N-ethyl adjacent to an activating group) is 1. The van der Waals surface area contributed by atoms with Crippen LogP contribution in [0.25, 0.3) is 0 Å². The lowest BCUT2D eigenvalue weighted by Gasteiger charge is -2.33. The molecule has 2 aromatic carbocycles. The quantitative estimate of drug-likeness (QED) is 0.682. The number of nitrogens with zero attached hydrogens (tertiary/aromatic N) is 1. The molecular formula is C20H22ClN. The Kier molecular flexibility index (Phi) is 6.00. The van der Waals surface area contributed by atoms with E-state index in [9.17, 15) is 0 Å². The maximum atomic E-state index is 6.42. The summed E-state index contributed by atoms with van der Waals surface area (Å²) in [6.07, 6.45) is 3.28. The average Bonchev–Trinajstić information content (AvgIpc) is 2.55. The molecule has 3 rings (SSSR count). The average molecular weight is 312 g/mol. The molecule has 22 heavy (non-hydrogen) atoms. The van der Waals surface area contributed by atoms with Gasteiger partial charge in [0.05, 0.1) is 0 Å². The predicted molar refractivity (Wildman–Crippen MR) is 96.5 cm³/mol. The van der Waals surface area contributed by atoms with E-state index < -0.39 is 0 Å². The smallest absolute Gasteiger partial charge is 0.0447 e. The molecule has 0 bridgehead atoms. The summed E-state index contributed by atoms with van der Waals surface area (Å²) in [5.41, 5.74) is 4.01. The van der Waals surface area contributed by atoms with Gasteiger partial charge in [0.2, 0.25) is 0 Å². The Bertz CT molecular complexity index is 627. The van der Waals surface area contributed by atoms with Gasteiger partial charge in [0, 0.05) is 24.0 Å². The molecule has 2 aromatic rings. The highest BCUT2D eigenvalue weighted by molar-refractivity contribution is 6.31. The Labute approximate surface area is 138 Å². The number of allylic oxidation sites excluding steroid dienone is 2. The molecule has 0 saturated carbocycles. The van der Waals surface area contributed by atoms with Crippen molar-refractivity contribution in [1.29, 1.82) is 0 Å². The van der Waals surface area contributed by atoms with Gasteiger partial charge in [-0.2, -0.15) is 0 Å². The molecule has 2 heteroatoms. The van der Waals surface area contributed by atoms with E-state index >= 15 is 0 Å². The highest BCUT2D eigenvalue weighted by Crippen LogP contribution is 2.37. The molecular weight excluding hydrogens is 290 g/mol. The van der Waals surface area contributed by atoms with Crippen LogP contribution in [0.2, 0.25) is 5.02 Å². The van der Waals surface area contributed by atoms with Gasteiger partial charge in [-0.25, -0.2) is 0 Å². The van der Waals surface area contributed by atoms with Crippen LogP contribution in [0.1, 0.15) is 22.6 Å². The number of hydrogen-bond acceptors (Lipinski definition) is 1. The monoisotopic (exact) mass is 311 g/mol. The van der Waals surface area contributed by atoms with Gasteiger partial charge in [0.1, 0.15) is 0 Å². The molecule has 0 saturated heterocycles. The van der Waals surface area contributed by atoms with E-state index in [1.54, 1.807) is 12.2 Å². The fourth-order valence-electron chi connectivity index (χ4n) is 2.83. The molecule has 1 nitrogen and oxygen atoms in total. The maximum absolute atomic E-state index is 6.42. The van der Waals surface area contributed by atoms with Crippen molar-refractivity contribution in [2.24, 2.45) is 0 Å². The number of rotatable bonds is 2. The van der Waals surface area contributed by atoms with Crippen LogP contribution in [0.5, 0.6) is 0 Å². The SMILES string of the molecule is C=CC=C.CN1Cc2cccc(Cl)c2C(c2ccccc2)C1. The number of halogens is 1. The second-order valence-electron chi connectivity index (χ2n) is 5.44. The highest BCUT2D eigenvalue weighted by atomic mass is 35.5. The van der Waals surface area contributed by atoms with E-state index in [1.165, 1.54) is 16.7 Å². The van der Waals surface area contributed by atoms with E-state index in [0.717, 1.165) is 18.1 Å². The molecule has 0 amide bonds. The molecule has 0 N–H and O–H groups in total. The van der Waals surface area contributed by atoms with Gasteiger partial charge in [-0.1, -0.05) is 79.4 Å². The normalized spacial score (nSPS) is 16.9. The molecule has 1 aliphatic rings. The number of benzene rings is 2. The molecule has 1 aliphatic heterocycles. The van der Waals surface area contributed by atoms with Crippen molar-refractivity contribution >= 4 is 11.6 Å². The first-order valence-electron chi connectivity index (χ1n) is 7.41. The fraction of sp³-hybridized carbons (Fsp3) is 0.200. The Morgan fingerprint density at radius 3 is 2.36 bits per heavy atom. The van der Waals surface area contributed by atoms with Crippen molar-refractivity contribution < 1.29 is 0 Å². The van der Waals surface area contributed by atoms with Crippen molar-refractivity contribution in [3.8, 4) is 0 Å². The molecule has 1 atom stereocenters. The first-order valence-corrected chi connectivity index (χ1v) is 7.79. The first kappa shape index (κ1) is 16.5. The summed E-state index contributed by atoms with van der Waals surface area (Å²) < 4.78 is 0. The zero-order valence-electron chi connectivity index (χ0n) is 13.0. The fourth-order valence-corrected chi connectivity index (χ4v) is 3.15. The zero-order chi connectivity index (χ0) is 15.9. The van der Waals surface area contributed by atoms with Crippen LogP contribution >= 0.6 is 11.6 Å². The third kappa shape index (κ3) is 3.88. The van der Waals surface area contributed by atoms with Crippen LogP contribution in [-0.4, -0.2) is 18.5 Å². The second kappa shape index (κ2) is 7.98. The lowest BCUT2D eigenvalue weighted by molar-refractivity contribution is 0.295. The summed E-state index contributed by atoms with van der Waals surface area (Å²) in [6, 6.07) is 16.9. The van der Waals surface area contributed by atoms with Gasteiger partial charge < -0.3 is 4.90 Å². The van der Waals surface area contributed by atoms with Crippen molar-refractivity contribution in [3.63, 3.8) is 0 Å². The minimum atomic E-state index is 0.383. The maximum Gasteiger partial charge on any atom is 0.0447 e. The third-order valence-corrected chi connectivity index (χ3v) is 4.12. The topological polar surface area (TPSA) is 3.24 Å². The largest absolute Gasteiger partial charge is 0.301 e. The van der Waals surface area contributed by atoms with Crippen LogP contribution in [0.3, 0.4) is 0 Å². The standard InChI is InChI=1S/C16H16ClN.C4H6/c1-18-10-13-8-5-9-15(17)16(13)14(11-18)12-6-3-2-4-7-12;1-3-4-2/h2-9,14H,10-11H2,1H3;3-4H,1-2H2. The highest BCUT2D eigenvalue weighted by Gasteiger charge is 2.26. The molecule has 1 heterocycles. The second-order valence-corrected chi connectivity index (χ2v) is 5.85. The van der Waals surface area contributed by atoms with Crippen LogP contribution in [0.4, 0.5) is 0 Å². The van der Waals surface area contributed by atoms with E-state index in [4.69, 9.17) is 11.6 Å².